The first-order chi connectivity index (χ1) is 9.95. The summed E-state index contributed by atoms with van der Waals surface area (Å²) < 4.78 is 32.8. The molecule has 2 aromatic rings. The van der Waals surface area contributed by atoms with Crippen LogP contribution in [0.2, 0.25) is 0 Å². The second-order valence-electron chi connectivity index (χ2n) is 4.22. The van der Waals surface area contributed by atoms with Crippen molar-refractivity contribution in [3.8, 4) is 11.5 Å². The van der Waals surface area contributed by atoms with Gasteiger partial charge in [0.15, 0.2) is 17.4 Å². The maximum Gasteiger partial charge on any atom is 0.328 e. The van der Waals surface area contributed by atoms with Gasteiger partial charge in [-0.25, -0.2) is 13.6 Å². The van der Waals surface area contributed by atoms with E-state index in [1.54, 1.807) is 19.1 Å². The molecule has 1 aromatic carbocycles. The molecule has 2 rings (SSSR count). The van der Waals surface area contributed by atoms with Crippen molar-refractivity contribution < 1.29 is 23.4 Å². The van der Waals surface area contributed by atoms with Crippen LogP contribution < -0.4 is 4.74 Å². The minimum atomic E-state index is -1.21. The average Bonchev–Trinajstić information content (AvgIpc) is 2.42. The van der Waals surface area contributed by atoms with Gasteiger partial charge in [0.25, 0.3) is 0 Å². The Morgan fingerprint density at radius 2 is 1.95 bits per heavy atom. The number of nitrogens with zero attached hydrogens (tertiary/aromatic N) is 1. The topological polar surface area (TPSA) is 59.4 Å². The lowest BCUT2D eigenvalue weighted by molar-refractivity contribution is -0.131. The summed E-state index contributed by atoms with van der Waals surface area (Å²) in [6.07, 6.45) is 3.23. The minimum absolute atomic E-state index is 0.0850. The lowest BCUT2D eigenvalue weighted by Crippen LogP contribution is -1.95. The zero-order valence-corrected chi connectivity index (χ0v) is 11.0. The van der Waals surface area contributed by atoms with Gasteiger partial charge in [-0.05, 0) is 42.8 Å². The maximum absolute atomic E-state index is 13.8. The van der Waals surface area contributed by atoms with E-state index in [4.69, 9.17) is 9.84 Å². The third-order valence-electron chi connectivity index (χ3n) is 2.54. The van der Waals surface area contributed by atoms with Crippen LogP contribution in [0.4, 0.5) is 8.78 Å². The van der Waals surface area contributed by atoms with Crippen molar-refractivity contribution in [2.75, 3.05) is 0 Å². The SMILES string of the molecule is Cc1ccc(Oc2c(F)cc(C=CC(=O)O)cc2F)cn1. The van der Waals surface area contributed by atoms with Gasteiger partial charge in [0.2, 0.25) is 0 Å². The molecule has 1 heterocycles. The highest BCUT2D eigenvalue weighted by Gasteiger charge is 2.13. The number of hydrogen-bond acceptors (Lipinski definition) is 3. The number of carboxylic acid groups (broad SMARTS) is 1. The number of carbonyl (C=O) groups is 1. The van der Waals surface area contributed by atoms with E-state index in [1.807, 2.05) is 0 Å². The summed E-state index contributed by atoms with van der Waals surface area (Å²) in [5.74, 6) is -3.43. The van der Waals surface area contributed by atoms with Crippen LogP contribution in [-0.2, 0) is 4.79 Å². The number of hydrogen-bond donors (Lipinski definition) is 1. The number of benzene rings is 1. The van der Waals surface area contributed by atoms with E-state index in [-0.39, 0.29) is 11.3 Å². The fourth-order valence-electron chi connectivity index (χ4n) is 1.57. The van der Waals surface area contributed by atoms with Crippen LogP contribution in [0.3, 0.4) is 0 Å². The van der Waals surface area contributed by atoms with Crippen molar-refractivity contribution in [2.45, 2.75) is 6.92 Å². The molecule has 0 aliphatic carbocycles. The third-order valence-corrected chi connectivity index (χ3v) is 2.54. The fourth-order valence-corrected chi connectivity index (χ4v) is 1.57. The molecule has 0 saturated heterocycles. The highest BCUT2D eigenvalue weighted by atomic mass is 19.1. The van der Waals surface area contributed by atoms with Crippen molar-refractivity contribution in [3.63, 3.8) is 0 Å². The molecule has 0 bridgehead atoms. The molecular formula is C15H11F2NO3. The van der Waals surface area contributed by atoms with E-state index in [9.17, 15) is 13.6 Å². The molecule has 4 nitrogen and oxygen atoms in total. The van der Waals surface area contributed by atoms with Gasteiger partial charge in [0, 0.05) is 11.8 Å². The van der Waals surface area contributed by atoms with Gasteiger partial charge in [-0.15, -0.1) is 0 Å². The van der Waals surface area contributed by atoms with Crippen LogP contribution in [0, 0.1) is 18.6 Å². The Bertz CT molecular complexity index is 674. The predicted molar refractivity (Wildman–Crippen MR) is 72.1 cm³/mol. The first-order valence-electron chi connectivity index (χ1n) is 5.96. The van der Waals surface area contributed by atoms with Crippen molar-refractivity contribution in [1.29, 1.82) is 0 Å². The smallest absolute Gasteiger partial charge is 0.328 e. The molecule has 0 aliphatic heterocycles. The van der Waals surface area contributed by atoms with E-state index < -0.39 is 23.4 Å². The number of halogens is 2. The fraction of sp³-hybridized carbons (Fsp3) is 0.0667. The largest absolute Gasteiger partial charge is 0.478 e. The van der Waals surface area contributed by atoms with Crippen LogP contribution in [0.1, 0.15) is 11.3 Å². The molecule has 1 N–H and O–H groups in total. The number of carboxylic acids is 1. The van der Waals surface area contributed by atoms with Gasteiger partial charge in [-0.2, -0.15) is 0 Å². The lowest BCUT2D eigenvalue weighted by Gasteiger charge is -2.08. The van der Waals surface area contributed by atoms with Gasteiger partial charge in [0.05, 0.1) is 6.20 Å². The van der Waals surface area contributed by atoms with Crippen LogP contribution in [0.25, 0.3) is 6.08 Å². The zero-order chi connectivity index (χ0) is 15.4. The first-order valence-corrected chi connectivity index (χ1v) is 5.96. The third kappa shape index (κ3) is 3.85. The van der Waals surface area contributed by atoms with Crippen LogP contribution in [0.15, 0.2) is 36.5 Å². The summed E-state index contributed by atoms with van der Waals surface area (Å²) in [6.45, 7) is 1.77. The summed E-state index contributed by atoms with van der Waals surface area (Å²) in [4.78, 5) is 14.3. The number of ether oxygens (including phenoxy) is 1. The number of aromatic nitrogens is 1. The molecule has 21 heavy (non-hydrogen) atoms. The molecule has 0 amide bonds. The molecular weight excluding hydrogens is 280 g/mol. The standard InChI is InChI=1S/C15H11F2NO3/c1-9-2-4-11(8-18-9)21-15-12(16)6-10(7-13(15)17)3-5-14(19)20/h2-8H,1H3,(H,19,20). The van der Waals surface area contributed by atoms with E-state index in [2.05, 4.69) is 4.98 Å². The van der Waals surface area contributed by atoms with Gasteiger partial charge in [0.1, 0.15) is 5.75 Å². The first kappa shape index (κ1) is 14.6. The summed E-state index contributed by atoms with van der Waals surface area (Å²) in [7, 11) is 0. The van der Waals surface area contributed by atoms with Crippen molar-refractivity contribution in [1.82, 2.24) is 4.98 Å². The van der Waals surface area contributed by atoms with Gasteiger partial charge in [-0.3, -0.25) is 4.98 Å². The molecule has 0 atom stereocenters. The van der Waals surface area contributed by atoms with Crippen LogP contribution >= 0.6 is 0 Å². The molecule has 6 heteroatoms. The predicted octanol–water partition coefficient (Wildman–Crippen LogP) is 3.56. The van der Waals surface area contributed by atoms with Crippen molar-refractivity contribution >= 4 is 12.0 Å². The highest BCUT2D eigenvalue weighted by Crippen LogP contribution is 2.28. The minimum Gasteiger partial charge on any atom is -0.478 e. The molecule has 1 aromatic heterocycles. The molecule has 0 saturated carbocycles. The summed E-state index contributed by atoms with van der Waals surface area (Å²) >= 11 is 0. The monoisotopic (exact) mass is 291 g/mol. The van der Waals surface area contributed by atoms with Gasteiger partial charge in [-0.1, -0.05) is 0 Å². The van der Waals surface area contributed by atoms with Crippen LogP contribution in [-0.4, -0.2) is 16.1 Å². The Balaban J connectivity index is 2.28. The Morgan fingerprint density at radius 1 is 1.29 bits per heavy atom. The number of aryl methyl sites for hydroxylation is 1. The lowest BCUT2D eigenvalue weighted by atomic mass is 10.2. The molecule has 108 valence electrons. The number of aliphatic carboxylic acids is 1. The van der Waals surface area contributed by atoms with Gasteiger partial charge >= 0.3 is 5.97 Å². The molecule has 0 spiro atoms. The Hall–Kier alpha value is -2.76. The maximum atomic E-state index is 13.8. The molecule has 0 aliphatic rings. The van der Waals surface area contributed by atoms with E-state index in [0.717, 1.165) is 30.0 Å². The van der Waals surface area contributed by atoms with Crippen molar-refractivity contribution in [3.05, 3.63) is 59.4 Å². The molecule has 0 fully saturated rings. The van der Waals surface area contributed by atoms with Crippen molar-refractivity contribution in [2.24, 2.45) is 0 Å². The molecule has 0 radical (unpaired) electrons. The second-order valence-corrected chi connectivity index (χ2v) is 4.22. The Morgan fingerprint density at radius 3 is 2.48 bits per heavy atom. The normalized spacial score (nSPS) is 10.8. The number of pyridine rings is 1. The molecule has 0 unspecified atom stereocenters. The quantitative estimate of drug-likeness (QED) is 0.875. The van der Waals surface area contributed by atoms with Crippen LogP contribution in [0.5, 0.6) is 11.5 Å². The number of rotatable bonds is 4. The Kier molecular flexibility index (Phi) is 4.27. The average molecular weight is 291 g/mol. The highest BCUT2D eigenvalue weighted by molar-refractivity contribution is 5.85. The van der Waals surface area contributed by atoms with E-state index >= 15 is 0 Å². The summed E-state index contributed by atoms with van der Waals surface area (Å²) in [5.41, 5.74) is 0.833. The zero-order valence-electron chi connectivity index (χ0n) is 11.0. The second kappa shape index (κ2) is 6.13. The van der Waals surface area contributed by atoms with Gasteiger partial charge < -0.3 is 9.84 Å². The summed E-state index contributed by atoms with van der Waals surface area (Å²) in [5, 5.41) is 8.48. The van der Waals surface area contributed by atoms with E-state index in [1.165, 1.54) is 6.20 Å². The van der Waals surface area contributed by atoms with E-state index in [0.29, 0.717) is 0 Å². The Labute approximate surface area is 119 Å². The summed E-state index contributed by atoms with van der Waals surface area (Å²) in [6, 6.07) is 5.16.